The second-order valence-corrected chi connectivity index (χ2v) is 2.83. The lowest BCUT2D eigenvalue weighted by Gasteiger charge is -1.98. The van der Waals surface area contributed by atoms with Crippen LogP contribution in [0.3, 0.4) is 0 Å². The van der Waals surface area contributed by atoms with Crippen molar-refractivity contribution in [3.8, 4) is 11.8 Å². The summed E-state index contributed by atoms with van der Waals surface area (Å²) < 4.78 is 5.03. The van der Waals surface area contributed by atoms with Gasteiger partial charge >= 0.3 is 0 Å². The Morgan fingerprint density at radius 1 is 1.46 bits per heavy atom. The molecule has 3 nitrogen and oxygen atoms in total. The molecule has 1 rings (SSSR count). The Kier molecular flexibility index (Phi) is 3.53. The average molecular weight is 178 g/mol. The summed E-state index contributed by atoms with van der Waals surface area (Å²) >= 11 is 0. The van der Waals surface area contributed by atoms with Crippen molar-refractivity contribution in [2.75, 3.05) is 6.54 Å². The van der Waals surface area contributed by atoms with Crippen molar-refractivity contribution in [1.29, 1.82) is 0 Å². The Labute approximate surface area is 78.5 Å². The van der Waals surface area contributed by atoms with E-state index < -0.39 is 0 Å². The van der Waals surface area contributed by atoms with Crippen molar-refractivity contribution in [2.45, 2.75) is 27.3 Å². The van der Waals surface area contributed by atoms with Crippen LogP contribution in [-0.4, -0.2) is 11.7 Å². The summed E-state index contributed by atoms with van der Waals surface area (Å²) in [6, 6.07) is 0. The number of hydrogen-bond donors (Lipinski definition) is 1. The van der Waals surface area contributed by atoms with Crippen LogP contribution in [0.2, 0.25) is 0 Å². The summed E-state index contributed by atoms with van der Waals surface area (Å²) in [5, 5.41) is 7.06. The van der Waals surface area contributed by atoms with Gasteiger partial charge in [-0.05, 0) is 20.8 Å². The summed E-state index contributed by atoms with van der Waals surface area (Å²) in [4.78, 5) is 0. The van der Waals surface area contributed by atoms with Gasteiger partial charge in [0.2, 0.25) is 0 Å². The number of hydrogen-bond acceptors (Lipinski definition) is 3. The van der Waals surface area contributed by atoms with E-state index in [1.54, 1.807) is 0 Å². The molecule has 0 saturated heterocycles. The van der Waals surface area contributed by atoms with Crippen molar-refractivity contribution < 1.29 is 4.52 Å². The van der Waals surface area contributed by atoms with Crippen molar-refractivity contribution >= 4 is 0 Å². The fourth-order valence-corrected chi connectivity index (χ4v) is 1.09. The van der Waals surface area contributed by atoms with Gasteiger partial charge in [-0.15, -0.1) is 5.92 Å². The molecule has 0 atom stereocenters. The molecular formula is C10H14N2O. The summed E-state index contributed by atoms with van der Waals surface area (Å²) in [7, 11) is 0. The third-order valence-corrected chi connectivity index (χ3v) is 1.87. The average Bonchev–Trinajstić information content (AvgIpc) is 2.42. The second kappa shape index (κ2) is 4.68. The van der Waals surface area contributed by atoms with Crippen LogP contribution in [0.4, 0.5) is 0 Å². The summed E-state index contributed by atoms with van der Waals surface area (Å²) in [6.45, 7) is 7.18. The highest BCUT2D eigenvalue weighted by molar-refractivity contribution is 5.20. The van der Waals surface area contributed by atoms with Gasteiger partial charge in [0.1, 0.15) is 5.76 Å². The highest BCUT2D eigenvalue weighted by Crippen LogP contribution is 2.10. The van der Waals surface area contributed by atoms with Crippen molar-refractivity contribution in [2.24, 2.45) is 0 Å². The maximum atomic E-state index is 5.03. The van der Waals surface area contributed by atoms with Gasteiger partial charge in [0.15, 0.2) is 0 Å². The summed E-state index contributed by atoms with van der Waals surface area (Å²) in [6.07, 6.45) is 0. The third-order valence-electron chi connectivity index (χ3n) is 1.87. The standard InChI is InChI=1S/C10H14N2O/c1-4-5-6-11-7-10-8(2)12-13-9(10)3/h11H,6-7H2,1-3H3. The molecule has 0 bridgehead atoms. The monoisotopic (exact) mass is 178 g/mol. The predicted molar refractivity (Wildman–Crippen MR) is 51.1 cm³/mol. The molecule has 0 unspecified atom stereocenters. The Morgan fingerprint density at radius 2 is 2.23 bits per heavy atom. The largest absolute Gasteiger partial charge is 0.361 e. The summed E-state index contributed by atoms with van der Waals surface area (Å²) in [5.74, 6) is 6.65. The van der Waals surface area contributed by atoms with E-state index in [1.807, 2.05) is 20.8 Å². The smallest absolute Gasteiger partial charge is 0.138 e. The first-order valence-corrected chi connectivity index (χ1v) is 4.27. The topological polar surface area (TPSA) is 38.1 Å². The minimum Gasteiger partial charge on any atom is -0.361 e. The molecule has 1 aromatic rings. The van der Waals surface area contributed by atoms with E-state index in [0.717, 1.165) is 23.6 Å². The molecule has 0 fully saturated rings. The number of rotatable bonds is 3. The molecule has 13 heavy (non-hydrogen) atoms. The molecule has 0 aromatic carbocycles. The van der Waals surface area contributed by atoms with E-state index in [0.29, 0.717) is 6.54 Å². The molecule has 0 saturated carbocycles. The molecule has 0 spiro atoms. The number of nitrogens with one attached hydrogen (secondary N) is 1. The molecule has 1 aromatic heterocycles. The van der Waals surface area contributed by atoms with Gasteiger partial charge in [0.25, 0.3) is 0 Å². The normalized spacial score (nSPS) is 9.46. The first-order valence-electron chi connectivity index (χ1n) is 4.27. The maximum Gasteiger partial charge on any atom is 0.138 e. The lowest BCUT2D eigenvalue weighted by Crippen LogP contribution is -2.14. The molecule has 70 valence electrons. The van der Waals surface area contributed by atoms with Crippen LogP contribution in [0.5, 0.6) is 0 Å². The van der Waals surface area contributed by atoms with Crippen LogP contribution in [0, 0.1) is 25.7 Å². The van der Waals surface area contributed by atoms with Crippen LogP contribution in [0.25, 0.3) is 0 Å². The van der Waals surface area contributed by atoms with Crippen molar-refractivity contribution in [3.05, 3.63) is 17.0 Å². The van der Waals surface area contributed by atoms with Gasteiger partial charge in [-0.2, -0.15) is 0 Å². The van der Waals surface area contributed by atoms with Crippen LogP contribution >= 0.6 is 0 Å². The van der Waals surface area contributed by atoms with Crippen LogP contribution in [0.15, 0.2) is 4.52 Å². The Hall–Kier alpha value is -1.27. The van der Waals surface area contributed by atoms with Crippen LogP contribution in [-0.2, 0) is 6.54 Å². The molecule has 0 amide bonds. The fraction of sp³-hybridized carbons (Fsp3) is 0.500. The molecule has 0 aliphatic carbocycles. The van der Waals surface area contributed by atoms with Crippen LogP contribution in [0.1, 0.15) is 23.9 Å². The first-order chi connectivity index (χ1) is 6.25. The zero-order chi connectivity index (χ0) is 9.68. The van der Waals surface area contributed by atoms with E-state index in [1.165, 1.54) is 0 Å². The first kappa shape index (κ1) is 9.82. The zero-order valence-corrected chi connectivity index (χ0v) is 8.27. The summed E-state index contributed by atoms with van der Waals surface area (Å²) in [5.41, 5.74) is 2.09. The second-order valence-electron chi connectivity index (χ2n) is 2.83. The van der Waals surface area contributed by atoms with E-state index in [9.17, 15) is 0 Å². The molecule has 0 aliphatic heterocycles. The maximum absolute atomic E-state index is 5.03. The third kappa shape index (κ3) is 2.60. The SMILES string of the molecule is CC#CCNCc1c(C)noc1C. The van der Waals surface area contributed by atoms with Gasteiger partial charge in [0.05, 0.1) is 12.2 Å². The zero-order valence-electron chi connectivity index (χ0n) is 8.27. The van der Waals surface area contributed by atoms with Gasteiger partial charge < -0.3 is 9.84 Å². The van der Waals surface area contributed by atoms with E-state index in [4.69, 9.17) is 4.52 Å². The molecular weight excluding hydrogens is 164 g/mol. The number of aromatic nitrogens is 1. The highest BCUT2D eigenvalue weighted by atomic mass is 16.5. The molecule has 0 aliphatic rings. The number of aryl methyl sites for hydroxylation is 2. The van der Waals surface area contributed by atoms with E-state index in [-0.39, 0.29) is 0 Å². The Bertz CT molecular complexity index is 311. The Balaban J connectivity index is 2.47. The van der Waals surface area contributed by atoms with Crippen molar-refractivity contribution in [3.63, 3.8) is 0 Å². The Morgan fingerprint density at radius 3 is 2.77 bits per heavy atom. The lowest BCUT2D eigenvalue weighted by molar-refractivity contribution is 0.392. The molecule has 1 heterocycles. The number of nitrogens with zero attached hydrogens (tertiary/aromatic N) is 1. The van der Waals surface area contributed by atoms with Gasteiger partial charge in [0, 0.05) is 12.1 Å². The van der Waals surface area contributed by atoms with Gasteiger partial charge in [-0.25, -0.2) is 0 Å². The molecule has 1 N–H and O–H groups in total. The minimum atomic E-state index is 0.709. The quantitative estimate of drug-likeness (QED) is 0.561. The highest BCUT2D eigenvalue weighted by Gasteiger charge is 2.06. The predicted octanol–water partition coefficient (Wildman–Crippen LogP) is 1.40. The lowest BCUT2D eigenvalue weighted by atomic mass is 10.2. The molecule has 3 heteroatoms. The van der Waals surface area contributed by atoms with Crippen molar-refractivity contribution in [1.82, 2.24) is 10.5 Å². The van der Waals surface area contributed by atoms with Gasteiger partial charge in [-0.1, -0.05) is 11.1 Å². The van der Waals surface area contributed by atoms with Crippen LogP contribution < -0.4 is 5.32 Å². The molecule has 0 radical (unpaired) electrons. The fourth-order valence-electron chi connectivity index (χ4n) is 1.09. The van der Waals surface area contributed by atoms with E-state index in [2.05, 4.69) is 22.3 Å². The van der Waals surface area contributed by atoms with E-state index >= 15 is 0 Å². The van der Waals surface area contributed by atoms with Gasteiger partial charge in [-0.3, -0.25) is 0 Å². The minimum absolute atomic E-state index is 0.709.